The van der Waals surface area contributed by atoms with Crippen molar-refractivity contribution >= 4 is 5.91 Å². The highest BCUT2D eigenvalue weighted by atomic mass is 19.1. The van der Waals surface area contributed by atoms with Gasteiger partial charge in [0.15, 0.2) is 11.5 Å². The number of nitrogens with zero attached hydrogens (tertiary/aromatic N) is 1. The molecule has 4 nitrogen and oxygen atoms in total. The lowest BCUT2D eigenvalue weighted by Gasteiger charge is -2.17. The lowest BCUT2D eigenvalue weighted by molar-refractivity contribution is -0.129. The summed E-state index contributed by atoms with van der Waals surface area (Å²) >= 11 is 0. The summed E-state index contributed by atoms with van der Waals surface area (Å²) in [6, 6.07) is 12.4. The van der Waals surface area contributed by atoms with E-state index in [0.29, 0.717) is 18.7 Å². The summed E-state index contributed by atoms with van der Waals surface area (Å²) in [6.07, 6.45) is 1.02. The van der Waals surface area contributed by atoms with Crippen molar-refractivity contribution in [3.63, 3.8) is 0 Å². The van der Waals surface area contributed by atoms with Crippen molar-refractivity contribution in [1.82, 2.24) is 4.90 Å². The van der Waals surface area contributed by atoms with E-state index in [1.807, 2.05) is 23.1 Å². The standard InChI is InChI=1S/C19H18FNO3/c20-16-4-2-1-3-14(16)10-19(22)21-8-7-15(11-21)13-5-6-17-18(9-13)24-12-23-17/h1-6,9,15H,7-8,10-12H2. The van der Waals surface area contributed by atoms with E-state index in [9.17, 15) is 9.18 Å². The minimum atomic E-state index is -0.322. The van der Waals surface area contributed by atoms with E-state index >= 15 is 0 Å². The van der Waals surface area contributed by atoms with E-state index in [-0.39, 0.29) is 30.9 Å². The zero-order chi connectivity index (χ0) is 16.5. The highest BCUT2D eigenvalue weighted by molar-refractivity contribution is 5.79. The van der Waals surface area contributed by atoms with Crippen LogP contribution < -0.4 is 9.47 Å². The number of carbonyl (C=O) groups is 1. The highest BCUT2D eigenvalue weighted by Crippen LogP contribution is 2.37. The molecular formula is C19H18FNO3. The molecule has 2 heterocycles. The van der Waals surface area contributed by atoms with Crippen LogP contribution in [0, 0.1) is 5.82 Å². The summed E-state index contributed by atoms with van der Waals surface area (Å²) in [6.45, 7) is 1.62. The first-order valence-corrected chi connectivity index (χ1v) is 8.11. The SMILES string of the molecule is O=C(Cc1ccccc1F)N1CCC(c2ccc3c(c2)OCO3)C1. The van der Waals surface area contributed by atoms with Crippen molar-refractivity contribution in [1.29, 1.82) is 0 Å². The summed E-state index contributed by atoms with van der Waals surface area (Å²) in [7, 11) is 0. The van der Waals surface area contributed by atoms with Crippen LogP contribution in [-0.2, 0) is 11.2 Å². The molecule has 0 saturated carbocycles. The van der Waals surface area contributed by atoms with Crippen molar-refractivity contribution in [2.24, 2.45) is 0 Å². The molecule has 0 aliphatic carbocycles. The Morgan fingerprint density at radius 2 is 2.00 bits per heavy atom. The Balaban J connectivity index is 1.43. The van der Waals surface area contributed by atoms with Gasteiger partial charge in [-0.15, -0.1) is 0 Å². The van der Waals surface area contributed by atoms with Gasteiger partial charge >= 0.3 is 0 Å². The van der Waals surface area contributed by atoms with Gasteiger partial charge in [0.25, 0.3) is 0 Å². The third kappa shape index (κ3) is 2.82. The van der Waals surface area contributed by atoms with Crippen LogP contribution in [0.4, 0.5) is 4.39 Å². The maximum Gasteiger partial charge on any atom is 0.231 e. The van der Waals surface area contributed by atoms with Crippen molar-refractivity contribution in [3.8, 4) is 11.5 Å². The quantitative estimate of drug-likeness (QED) is 0.869. The van der Waals surface area contributed by atoms with E-state index in [4.69, 9.17) is 9.47 Å². The first-order valence-electron chi connectivity index (χ1n) is 8.11. The summed E-state index contributed by atoms with van der Waals surface area (Å²) < 4.78 is 24.5. The number of ether oxygens (including phenoxy) is 2. The van der Waals surface area contributed by atoms with Crippen LogP contribution in [-0.4, -0.2) is 30.7 Å². The van der Waals surface area contributed by atoms with Gasteiger partial charge in [0, 0.05) is 19.0 Å². The molecule has 0 bridgehead atoms. The first kappa shape index (κ1) is 15.0. The number of likely N-dealkylation sites (tertiary alicyclic amines) is 1. The second-order valence-electron chi connectivity index (χ2n) is 6.21. The summed E-state index contributed by atoms with van der Waals surface area (Å²) in [5.41, 5.74) is 1.61. The van der Waals surface area contributed by atoms with E-state index in [0.717, 1.165) is 23.5 Å². The first-order chi connectivity index (χ1) is 11.7. The third-order valence-corrected chi connectivity index (χ3v) is 4.71. The summed E-state index contributed by atoms with van der Waals surface area (Å²) in [5, 5.41) is 0. The molecule has 124 valence electrons. The molecule has 0 spiro atoms. The second-order valence-corrected chi connectivity index (χ2v) is 6.21. The molecule has 2 aromatic rings. The van der Waals surface area contributed by atoms with Gasteiger partial charge in [-0.05, 0) is 35.7 Å². The van der Waals surface area contributed by atoms with Crippen molar-refractivity contribution in [2.75, 3.05) is 19.9 Å². The van der Waals surface area contributed by atoms with Gasteiger partial charge in [0.2, 0.25) is 12.7 Å². The minimum absolute atomic E-state index is 0.0247. The number of hydrogen-bond acceptors (Lipinski definition) is 3. The number of amides is 1. The topological polar surface area (TPSA) is 38.8 Å². The average Bonchev–Trinajstić information content (AvgIpc) is 3.25. The van der Waals surface area contributed by atoms with Crippen molar-refractivity contribution in [3.05, 3.63) is 59.4 Å². The van der Waals surface area contributed by atoms with Crippen LogP contribution in [0.1, 0.15) is 23.5 Å². The van der Waals surface area contributed by atoms with Gasteiger partial charge in [-0.2, -0.15) is 0 Å². The summed E-state index contributed by atoms with van der Waals surface area (Å²) in [5.74, 6) is 1.47. The largest absolute Gasteiger partial charge is 0.454 e. The number of carbonyl (C=O) groups excluding carboxylic acids is 1. The molecule has 4 rings (SSSR count). The molecule has 5 heteroatoms. The van der Waals surface area contributed by atoms with Crippen molar-refractivity contribution in [2.45, 2.75) is 18.8 Å². The lowest BCUT2D eigenvalue weighted by Crippen LogP contribution is -2.30. The van der Waals surface area contributed by atoms with Crippen LogP contribution in [0.2, 0.25) is 0 Å². The fourth-order valence-electron chi connectivity index (χ4n) is 3.34. The number of halogens is 1. The third-order valence-electron chi connectivity index (χ3n) is 4.71. The Morgan fingerprint density at radius 1 is 1.17 bits per heavy atom. The Morgan fingerprint density at radius 3 is 2.88 bits per heavy atom. The van der Waals surface area contributed by atoms with Gasteiger partial charge in [-0.3, -0.25) is 4.79 Å². The average molecular weight is 327 g/mol. The Hall–Kier alpha value is -2.56. The number of rotatable bonds is 3. The fourth-order valence-corrected chi connectivity index (χ4v) is 3.34. The predicted octanol–water partition coefficient (Wildman–Crippen LogP) is 3.11. The normalized spacial score (nSPS) is 18.9. The zero-order valence-corrected chi connectivity index (χ0v) is 13.2. The van der Waals surface area contributed by atoms with Gasteiger partial charge in [-0.1, -0.05) is 24.3 Å². The molecule has 0 aromatic heterocycles. The number of fused-ring (bicyclic) bond motifs is 1. The molecule has 1 atom stereocenters. The Labute approximate surface area is 139 Å². The van der Waals surface area contributed by atoms with E-state index in [1.54, 1.807) is 18.2 Å². The molecule has 2 aromatic carbocycles. The van der Waals surface area contributed by atoms with Gasteiger partial charge < -0.3 is 14.4 Å². The van der Waals surface area contributed by atoms with Crippen LogP contribution in [0.15, 0.2) is 42.5 Å². The lowest BCUT2D eigenvalue weighted by atomic mass is 9.98. The van der Waals surface area contributed by atoms with E-state index in [1.165, 1.54) is 6.07 Å². The smallest absolute Gasteiger partial charge is 0.231 e. The number of hydrogen-bond donors (Lipinski definition) is 0. The summed E-state index contributed by atoms with van der Waals surface area (Å²) in [4.78, 5) is 14.3. The van der Waals surface area contributed by atoms with Gasteiger partial charge in [0.1, 0.15) is 5.82 Å². The van der Waals surface area contributed by atoms with Crippen LogP contribution >= 0.6 is 0 Å². The van der Waals surface area contributed by atoms with Crippen molar-refractivity contribution < 1.29 is 18.7 Å². The molecule has 1 unspecified atom stereocenters. The van der Waals surface area contributed by atoms with Gasteiger partial charge in [-0.25, -0.2) is 4.39 Å². The van der Waals surface area contributed by atoms with Gasteiger partial charge in [0.05, 0.1) is 6.42 Å². The maximum atomic E-state index is 13.7. The second kappa shape index (κ2) is 6.15. The maximum absolute atomic E-state index is 13.7. The van der Waals surface area contributed by atoms with Crippen LogP contribution in [0.5, 0.6) is 11.5 Å². The molecule has 2 aliphatic rings. The Kier molecular flexibility index (Phi) is 3.84. The molecule has 2 aliphatic heterocycles. The molecule has 1 amide bonds. The fraction of sp³-hybridized carbons (Fsp3) is 0.316. The molecule has 1 fully saturated rings. The van der Waals surface area contributed by atoms with E-state index < -0.39 is 0 Å². The molecular weight excluding hydrogens is 309 g/mol. The minimum Gasteiger partial charge on any atom is -0.454 e. The zero-order valence-electron chi connectivity index (χ0n) is 13.2. The predicted molar refractivity (Wildman–Crippen MR) is 86.6 cm³/mol. The molecule has 1 saturated heterocycles. The highest BCUT2D eigenvalue weighted by Gasteiger charge is 2.28. The molecule has 0 radical (unpaired) electrons. The monoisotopic (exact) mass is 327 g/mol. The Bertz CT molecular complexity index is 777. The van der Waals surface area contributed by atoms with Crippen LogP contribution in [0.25, 0.3) is 0 Å². The van der Waals surface area contributed by atoms with E-state index in [2.05, 4.69) is 0 Å². The number of benzene rings is 2. The van der Waals surface area contributed by atoms with Crippen LogP contribution in [0.3, 0.4) is 0 Å². The molecule has 24 heavy (non-hydrogen) atoms. The molecule has 0 N–H and O–H groups in total.